The Balaban J connectivity index is 1.69. The highest BCUT2D eigenvalue weighted by molar-refractivity contribution is 7.10. The van der Waals surface area contributed by atoms with Gasteiger partial charge in [-0.25, -0.2) is 0 Å². The van der Waals surface area contributed by atoms with Crippen molar-refractivity contribution in [3.05, 3.63) is 39.8 Å². The van der Waals surface area contributed by atoms with Crippen LogP contribution in [-0.4, -0.2) is 34.1 Å². The minimum Gasteiger partial charge on any atom is -0.341 e. The van der Waals surface area contributed by atoms with E-state index in [1.807, 2.05) is 36.3 Å². The summed E-state index contributed by atoms with van der Waals surface area (Å²) in [5.74, 6) is 0.572. The second-order valence-corrected chi connectivity index (χ2v) is 6.82. The number of hydrogen-bond donors (Lipinski definition) is 1. The molecule has 1 saturated heterocycles. The monoisotopic (exact) mass is 303 g/mol. The summed E-state index contributed by atoms with van der Waals surface area (Å²) in [6.07, 6.45) is 2.17. The smallest absolute Gasteiger partial charge is 0.230 e. The first-order valence-electron chi connectivity index (χ1n) is 7.49. The van der Waals surface area contributed by atoms with Crippen molar-refractivity contribution in [2.75, 3.05) is 13.1 Å². The zero-order valence-corrected chi connectivity index (χ0v) is 13.3. The molecule has 0 aliphatic carbocycles. The molecule has 1 aliphatic heterocycles. The van der Waals surface area contributed by atoms with Crippen molar-refractivity contribution in [2.24, 2.45) is 0 Å². The third-order valence-electron chi connectivity index (χ3n) is 4.22. The molecule has 4 nitrogen and oxygen atoms in total. The molecule has 1 amide bonds. The van der Waals surface area contributed by atoms with E-state index in [2.05, 4.69) is 16.3 Å². The molecule has 3 heterocycles. The van der Waals surface area contributed by atoms with Gasteiger partial charge in [0.2, 0.25) is 5.91 Å². The number of carbonyl (C=O) groups is 1. The molecular formula is C16H21N3OS. The maximum absolute atomic E-state index is 12.7. The summed E-state index contributed by atoms with van der Waals surface area (Å²) in [7, 11) is 0. The topological polar surface area (TPSA) is 49.0 Å². The third kappa shape index (κ3) is 3.02. The molecule has 112 valence electrons. The lowest BCUT2D eigenvalue weighted by atomic mass is 9.93. The minimum atomic E-state index is -0.0373. The van der Waals surface area contributed by atoms with Crippen molar-refractivity contribution >= 4 is 17.2 Å². The molecule has 0 saturated carbocycles. The molecule has 3 rings (SSSR count). The van der Waals surface area contributed by atoms with E-state index < -0.39 is 0 Å². The standard InChI is InChI=1S/C16H21N3OS/c1-11-9-14(18-17-11)13-5-3-7-19(10-13)16(20)12(2)15-6-4-8-21-15/h4,6,8-9,12-13H,3,5,7,10H2,1-2H3,(H,17,18)/t12-,13+/m0/s1. The molecule has 1 fully saturated rings. The molecule has 0 spiro atoms. The Bertz CT molecular complexity index is 605. The number of H-pyrrole nitrogens is 1. The minimum absolute atomic E-state index is 0.0373. The SMILES string of the molecule is Cc1cc([C@@H]2CCCN(C(=O)[C@@H](C)c3cccs3)C2)n[nH]1. The van der Waals surface area contributed by atoms with Gasteiger partial charge < -0.3 is 4.90 Å². The fourth-order valence-electron chi connectivity index (χ4n) is 3.00. The van der Waals surface area contributed by atoms with Gasteiger partial charge in [0, 0.05) is 29.6 Å². The van der Waals surface area contributed by atoms with Gasteiger partial charge in [-0.15, -0.1) is 11.3 Å². The van der Waals surface area contributed by atoms with E-state index in [0.717, 1.165) is 42.2 Å². The number of thiophene rings is 1. The highest BCUT2D eigenvalue weighted by Crippen LogP contribution is 2.29. The average molecular weight is 303 g/mol. The molecule has 1 aliphatic rings. The van der Waals surface area contributed by atoms with Crippen LogP contribution in [-0.2, 0) is 4.79 Å². The van der Waals surface area contributed by atoms with Gasteiger partial charge in [0.1, 0.15) is 0 Å². The van der Waals surface area contributed by atoms with E-state index in [9.17, 15) is 4.79 Å². The summed E-state index contributed by atoms with van der Waals surface area (Å²) >= 11 is 1.66. The summed E-state index contributed by atoms with van der Waals surface area (Å²) in [4.78, 5) is 15.9. The van der Waals surface area contributed by atoms with Gasteiger partial charge in [0.05, 0.1) is 11.6 Å². The first kappa shape index (κ1) is 14.3. The van der Waals surface area contributed by atoms with Crippen LogP contribution in [0.4, 0.5) is 0 Å². The molecule has 2 aromatic rings. The Morgan fingerprint density at radius 2 is 2.43 bits per heavy atom. The van der Waals surface area contributed by atoms with E-state index in [-0.39, 0.29) is 11.8 Å². The quantitative estimate of drug-likeness (QED) is 0.946. The number of carbonyl (C=O) groups excluding carboxylic acids is 1. The number of aromatic nitrogens is 2. The zero-order chi connectivity index (χ0) is 14.8. The lowest BCUT2D eigenvalue weighted by Crippen LogP contribution is -2.41. The van der Waals surface area contributed by atoms with E-state index in [4.69, 9.17) is 0 Å². The predicted molar refractivity (Wildman–Crippen MR) is 84.6 cm³/mol. The number of nitrogens with zero attached hydrogens (tertiary/aromatic N) is 2. The lowest BCUT2D eigenvalue weighted by Gasteiger charge is -2.33. The fourth-order valence-corrected chi connectivity index (χ4v) is 3.78. The van der Waals surface area contributed by atoms with Crippen LogP contribution in [0.3, 0.4) is 0 Å². The molecule has 5 heteroatoms. The van der Waals surface area contributed by atoms with Crippen LogP contribution in [0.15, 0.2) is 23.6 Å². The predicted octanol–water partition coefficient (Wildman–Crippen LogP) is 3.29. The van der Waals surface area contributed by atoms with Crippen LogP contribution in [0.5, 0.6) is 0 Å². The Kier molecular flexibility index (Phi) is 4.10. The summed E-state index contributed by atoms with van der Waals surface area (Å²) in [6, 6.07) is 6.16. The largest absolute Gasteiger partial charge is 0.341 e. The van der Waals surface area contributed by atoms with Crippen molar-refractivity contribution in [1.29, 1.82) is 0 Å². The third-order valence-corrected chi connectivity index (χ3v) is 5.27. The van der Waals surface area contributed by atoms with Crippen molar-refractivity contribution in [3.63, 3.8) is 0 Å². The summed E-state index contributed by atoms with van der Waals surface area (Å²) in [6.45, 7) is 5.69. The second-order valence-electron chi connectivity index (χ2n) is 5.84. The maximum atomic E-state index is 12.7. The van der Waals surface area contributed by atoms with Crippen LogP contribution in [0.25, 0.3) is 0 Å². The lowest BCUT2D eigenvalue weighted by molar-refractivity contribution is -0.133. The summed E-state index contributed by atoms with van der Waals surface area (Å²) in [5.41, 5.74) is 2.18. The Morgan fingerprint density at radius 3 is 3.10 bits per heavy atom. The number of piperidine rings is 1. The molecular weight excluding hydrogens is 282 g/mol. The van der Waals surface area contributed by atoms with Crippen LogP contribution in [0, 0.1) is 6.92 Å². The number of rotatable bonds is 3. The molecule has 0 unspecified atom stereocenters. The highest BCUT2D eigenvalue weighted by Gasteiger charge is 2.29. The van der Waals surface area contributed by atoms with Crippen molar-refractivity contribution in [1.82, 2.24) is 15.1 Å². The molecule has 0 aromatic carbocycles. The van der Waals surface area contributed by atoms with Gasteiger partial charge in [-0.05, 0) is 44.2 Å². The van der Waals surface area contributed by atoms with E-state index in [0.29, 0.717) is 5.92 Å². The number of amides is 1. The van der Waals surface area contributed by atoms with Crippen LogP contribution in [0.2, 0.25) is 0 Å². The Labute approximate surface area is 129 Å². The van der Waals surface area contributed by atoms with Crippen LogP contribution < -0.4 is 0 Å². The fraction of sp³-hybridized carbons (Fsp3) is 0.500. The number of hydrogen-bond acceptors (Lipinski definition) is 3. The van der Waals surface area contributed by atoms with Crippen LogP contribution in [0.1, 0.15) is 47.9 Å². The van der Waals surface area contributed by atoms with Crippen molar-refractivity contribution in [3.8, 4) is 0 Å². The molecule has 2 aromatic heterocycles. The van der Waals surface area contributed by atoms with Crippen LogP contribution >= 0.6 is 11.3 Å². The number of aryl methyl sites for hydroxylation is 1. The average Bonchev–Trinajstić information content (AvgIpc) is 3.17. The second kappa shape index (κ2) is 6.02. The molecule has 0 radical (unpaired) electrons. The van der Waals surface area contributed by atoms with Gasteiger partial charge in [-0.2, -0.15) is 5.10 Å². The van der Waals surface area contributed by atoms with E-state index >= 15 is 0 Å². The summed E-state index contributed by atoms with van der Waals surface area (Å²) < 4.78 is 0. The molecule has 0 bridgehead atoms. The molecule has 2 atom stereocenters. The van der Waals surface area contributed by atoms with Gasteiger partial charge in [0.25, 0.3) is 0 Å². The van der Waals surface area contributed by atoms with E-state index in [1.54, 1.807) is 11.3 Å². The van der Waals surface area contributed by atoms with Crippen molar-refractivity contribution in [2.45, 2.75) is 38.5 Å². The van der Waals surface area contributed by atoms with E-state index in [1.165, 1.54) is 0 Å². The first-order valence-corrected chi connectivity index (χ1v) is 8.37. The van der Waals surface area contributed by atoms with Gasteiger partial charge in [-0.1, -0.05) is 6.07 Å². The first-order chi connectivity index (χ1) is 10.1. The highest BCUT2D eigenvalue weighted by atomic mass is 32.1. The molecule has 21 heavy (non-hydrogen) atoms. The zero-order valence-electron chi connectivity index (χ0n) is 12.5. The normalized spacial score (nSPS) is 20.5. The number of nitrogens with one attached hydrogen (secondary N) is 1. The number of aromatic amines is 1. The van der Waals surface area contributed by atoms with Gasteiger partial charge >= 0.3 is 0 Å². The maximum Gasteiger partial charge on any atom is 0.230 e. The van der Waals surface area contributed by atoms with Gasteiger partial charge in [0.15, 0.2) is 0 Å². The van der Waals surface area contributed by atoms with Crippen molar-refractivity contribution < 1.29 is 4.79 Å². The number of likely N-dealkylation sites (tertiary alicyclic amines) is 1. The van der Waals surface area contributed by atoms with Gasteiger partial charge in [-0.3, -0.25) is 9.89 Å². The Morgan fingerprint density at radius 1 is 1.57 bits per heavy atom. The molecule has 1 N–H and O–H groups in total. The summed E-state index contributed by atoms with van der Waals surface area (Å²) in [5, 5.41) is 9.40. The Hall–Kier alpha value is -1.62.